The molecule has 3 heterocycles. The van der Waals surface area contributed by atoms with E-state index in [1.54, 1.807) is 24.4 Å². The maximum atomic E-state index is 13.5. The smallest absolute Gasteiger partial charge is 0.196 e. The van der Waals surface area contributed by atoms with Crippen LogP contribution in [-0.2, 0) is 4.74 Å². The van der Waals surface area contributed by atoms with Crippen LogP contribution in [0.5, 0.6) is 11.5 Å². The Bertz CT molecular complexity index is 1340. The Morgan fingerprint density at radius 3 is 2.77 bits per heavy atom. The molecule has 0 aliphatic carbocycles. The number of nitrogens with one attached hydrogen (secondary N) is 2. The van der Waals surface area contributed by atoms with Crippen LogP contribution in [-0.4, -0.2) is 51.2 Å². The van der Waals surface area contributed by atoms with Gasteiger partial charge in [0, 0.05) is 17.8 Å². The summed E-state index contributed by atoms with van der Waals surface area (Å²) in [6, 6.07) is 14.3. The van der Waals surface area contributed by atoms with E-state index < -0.39 is 0 Å². The summed E-state index contributed by atoms with van der Waals surface area (Å²) in [6.45, 7) is 2.53. The fraction of sp³-hybridized carbons (Fsp3) is 0.269. The number of rotatable bonds is 7. The van der Waals surface area contributed by atoms with Crippen molar-refractivity contribution >= 4 is 34.2 Å². The van der Waals surface area contributed by atoms with Crippen LogP contribution in [0.4, 0.5) is 5.82 Å². The first-order chi connectivity index (χ1) is 17.0. The van der Waals surface area contributed by atoms with Gasteiger partial charge in [-0.15, -0.1) is 0 Å². The zero-order valence-electron chi connectivity index (χ0n) is 19.1. The molecule has 1 unspecified atom stereocenters. The maximum absolute atomic E-state index is 13.5. The number of H-pyrrole nitrogens is 1. The van der Waals surface area contributed by atoms with Crippen molar-refractivity contribution in [3.63, 3.8) is 0 Å². The zero-order chi connectivity index (χ0) is 24.4. The number of aliphatic hydroxyl groups excluding tert-OH is 1. The monoisotopic (exact) mass is 492 g/mol. The SMILES string of the molecule is CC1C[C@@H](CO)OC[C@@H]1Nc1ncnc2[nH]cc(C(=O)c3ccc(Oc4ccccc4)cc3Cl)c12. The number of hydrogen-bond donors (Lipinski definition) is 3. The first-order valence-electron chi connectivity index (χ1n) is 11.4. The predicted molar refractivity (Wildman–Crippen MR) is 133 cm³/mol. The quantitative estimate of drug-likeness (QED) is 0.317. The van der Waals surface area contributed by atoms with Crippen molar-refractivity contribution in [3.05, 3.63) is 77.2 Å². The molecule has 1 saturated heterocycles. The zero-order valence-corrected chi connectivity index (χ0v) is 19.8. The van der Waals surface area contributed by atoms with Gasteiger partial charge in [0.25, 0.3) is 0 Å². The van der Waals surface area contributed by atoms with Crippen molar-refractivity contribution in [1.82, 2.24) is 15.0 Å². The first kappa shape index (κ1) is 23.3. The van der Waals surface area contributed by atoms with E-state index in [0.717, 1.165) is 6.42 Å². The van der Waals surface area contributed by atoms with Crippen LogP contribution in [0.15, 0.2) is 61.1 Å². The molecule has 8 nitrogen and oxygen atoms in total. The Labute approximate surface area is 207 Å². The summed E-state index contributed by atoms with van der Waals surface area (Å²) in [4.78, 5) is 25.3. The summed E-state index contributed by atoms with van der Waals surface area (Å²) in [5.74, 6) is 1.75. The van der Waals surface area contributed by atoms with Crippen molar-refractivity contribution in [1.29, 1.82) is 0 Å². The molecule has 2 aromatic heterocycles. The molecule has 35 heavy (non-hydrogen) atoms. The Morgan fingerprint density at radius 1 is 1.20 bits per heavy atom. The number of aromatic nitrogens is 3. The highest BCUT2D eigenvalue weighted by Gasteiger charge is 2.29. The molecular weight excluding hydrogens is 468 g/mol. The highest BCUT2D eigenvalue weighted by Crippen LogP contribution is 2.32. The molecule has 0 spiro atoms. The molecule has 3 N–H and O–H groups in total. The van der Waals surface area contributed by atoms with Crippen LogP contribution in [0.3, 0.4) is 0 Å². The number of anilines is 1. The van der Waals surface area contributed by atoms with Gasteiger partial charge in [-0.3, -0.25) is 4.79 Å². The molecule has 3 atom stereocenters. The number of benzene rings is 2. The van der Waals surface area contributed by atoms with E-state index in [1.165, 1.54) is 6.33 Å². The number of halogens is 1. The van der Waals surface area contributed by atoms with Gasteiger partial charge in [0.15, 0.2) is 5.78 Å². The standard InChI is InChI=1S/C26H25ClN4O4/c1-15-9-18(12-32)34-13-22(15)31-26-23-20(11-28-25(23)29-14-30-26)24(33)19-8-7-17(10-21(19)27)35-16-5-3-2-4-6-16/h2-8,10-11,14-15,18,22,32H,9,12-13H2,1H3,(H2,28,29,30,31)/t15?,18-,22-/m0/s1. The minimum absolute atomic E-state index is 0.00120. The molecule has 180 valence electrons. The lowest BCUT2D eigenvalue weighted by Crippen LogP contribution is -2.42. The van der Waals surface area contributed by atoms with Gasteiger partial charge in [0.05, 0.1) is 41.3 Å². The number of hydrogen-bond acceptors (Lipinski definition) is 7. The van der Waals surface area contributed by atoms with E-state index >= 15 is 0 Å². The molecule has 2 aromatic carbocycles. The minimum Gasteiger partial charge on any atom is -0.457 e. The normalized spacial score (nSPS) is 20.0. The van der Waals surface area contributed by atoms with E-state index in [9.17, 15) is 9.90 Å². The Morgan fingerprint density at radius 2 is 2.03 bits per heavy atom. The lowest BCUT2D eigenvalue weighted by atomic mass is 9.93. The molecule has 0 amide bonds. The van der Waals surface area contributed by atoms with Crippen LogP contribution in [0, 0.1) is 5.92 Å². The third-order valence-corrected chi connectivity index (χ3v) is 6.55. The van der Waals surface area contributed by atoms with Crippen molar-refractivity contribution in [2.45, 2.75) is 25.5 Å². The molecule has 0 bridgehead atoms. The Hall–Kier alpha value is -3.46. The molecule has 0 saturated carbocycles. The topological polar surface area (TPSA) is 109 Å². The molecule has 5 rings (SSSR count). The number of nitrogens with zero attached hydrogens (tertiary/aromatic N) is 2. The summed E-state index contributed by atoms with van der Waals surface area (Å²) in [5.41, 5.74) is 1.31. The summed E-state index contributed by atoms with van der Waals surface area (Å²) in [5, 5.41) is 13.7. The van der Waals surface area contributed by atoms with Gasteiger partial charge >= 0.3 is 0 Å². The van der Waals surface area contributed by atoms with Gasteiger partial charge in [-0.1, -0.05) is 36.7 Å². The van der Waals surface area contributed by atoms with E-state index in [-0.39, 0.29) is 35.5 Å². The molecular formula is C26H25ClN4O4. The number of ether oxygens (including phenoxy) is 2. The highest BCUT2D eigenvalue weighted by molar-refractivity contribution is 6.35. The summed E-state index contributed by atoms with van der Waals surface area (Å²) in [7, 11) is 0. The summed E-state index contributed by atoms with van der Waals surface area (Å²) < 4.78 is 11.6. The van der Waals surface area contributed by atoms with Crippen LogP contribution < -0.4 is 10.1 Å². The third kappa shape index (κ3) is 4.86. The van der Waals surface area contributed by atoms with Gasteiger partial charge in [0.1, 0.15) is 29.3 Å². The molecule has 4 aromatic rings. The second kappa shape index (κ2) is 10.0. The van der Waals surface area contributed by atoms with Crippen molar-refractivity contribution < 1.29 is 19.4 Å². The van der Waals surface area contributed by atoms with Crippen molar-refractivity contribution in [2.24, 2.45) is 5.92 Å². The van der Waals surface area contributed by atoms with Gasteiger partial charge in [-0.25, -0.2) is 9.97 Å². The molecule has 1 fully saturated rings. The summed E-state index contributed by atoms with van der Waals surface area (Å²) >= 11 is 6.51. The van der Waals surface area contributed by atoms with Crippen LogP contribution in [0.25, 0.3) is 11.0 Å². The third-order valence-electron chi connectivity index (χ3n) is 6.24. The second-order valence-corrected chi connectivity index (χ2v) is 9.04. The second-order valence-electron chi connectivity index (χ2n) is 8.64. The fourth-order valence-corrected chi connectivity index (χ4v) is 4.56. The van der Waals surface area contributed by atoms with Gasteiger partial charge in [0.2, 0.25) is 0 Å². The Balaban J connectivity index is 1.42. The molecule has 1 aliphatic rings. The molecule has 9 heteroatoms. The highest BCUT2D eigenvalue weighted by atomic mass is 35.5. The van der Waals surface area contributed by atoms with Crippen LogP contribution in [0.1, 0.15) is 29.3 Å². The van der Waals surface area contributed by atoms with Crippen LogP contribution in [0.2, 0.25) is 5.02 Å². The number of para-hydroxylation sites is 1. The van der Waals surface area contributed by atoms with E-state index in [4.69, 9.17) is 21.1 Å². The van der Waals surface area contributed by atoms with Crippen molar-refractivity contribution in [2.75, 3.05) is 18.5 Å². The van der Waals surface area contributed by atoms with Gasteiger partial charge < -0.3 is 24.9 Å². The number of carbonyl (C=O) groups excluding carboxylic acids is 1. The number of ketones is 1. The summed E-state index contributed by atoms with van der Waals surface area (Å²) in [6.07, 6.45) is 3.64. The van der Waals surface area contributed by atoms with Crippen molar-refractivity contribution in [3.8, 4) is 11.5 Å². The number of carbonyl (C=O) groups is 1. The van der Waals surface area contributed by atoms with E-state index in [1.807, 2.05) is 30.3 Å². The Kier molecular flexibility index (Phi) is 6.68. The van der Waals surface area contributed by atoms with Crippen LogP contribution >= 0.6 is 11.6 Å². The van der Waals surface area contributed by atoms with E-state index in [0.29, 0.717) is 46.1 Å². The average Bonchev–Trinajstić information content (AvgIpc) is 3.31. The van der Waals surface area contributed by atoms with Gasteiger partial charge in [-0.2, -0.15) is 0 Å². The lowest BCUT2D eigenvalue weighted by molar-refractivity contribution is -0.0406. The number of fused-ring (bicyclic) bond motifs is 1. The predicted octanol–water partition coefficient (Wildman–Crippen LogP) is 4.83. The molecule has 0 radical (unpaired) electrons. The fourth-order valence-electron chi connectivity index (χ4n) is 4.30. The largest absolute Gasteiger partial charge is 0.457 e. The number of aromatic amines is 1. The number of aliphatic hydroxyl groups is 1. The average molecular weight is 493 g/mol. The maximum Gasteiger partial charge on any atom is 0.196 e. The molecule has 1 aliphatic heterocycles. The van der Waals surface area contributed by atoms with Gasteiger partial charge in [-0.05, 0) is 36.6 Å². The first-order valence-corrected chi connectivity index (χ1v) is 11.8. The lowest BCUT2D eigenvalue weighted by Gasteiger charge is -2.34. The van der Waals surface area contributed by atoms with E-state index in [2.05, 4.69) is 27.2 Å². The minimum atomic E-state index is -0.251.